The van der Waals surface area contributed by atoms with Gasteiger partial charge in [-0.05, 0) is 25.0 Å². The largest absolute Gasteiger partial charge is 0.455 e. The second-order valence-electron chi connectivity index (χ2n) is 6.02. The molecule has 6 nitrogen and oxygen atoms in total. The van der Waals surface area contributed by atoms with Crippen molar-refractivity contribution in [2.75, 3.05) is 6.54 Å². The van der Waals surface area contributed by atoms with Gasteiger partial charge in [0.25, 0.3) is 5.91 Å². The lowest BCUT2D eigenvalue weighted by atomic mass is 9.98. The van der Waals surface area contributed by atoms with E-state index in [0.717, 1.165) is 36.6 Å². The number of rotatable bonds is 6. The van der Waals surface area contributed by atoms with Crippen molar-refractivity contribution in [1.29, 1.82) is 0 Å². The highest BCUT2D eigenvalue weighted by Gasteiger charge is 2.34. The predicted molar refractivity (Wildman–Crippen MR) is 89.2 cm³/mol. The number of furan rings is 1. The normalized spacial score (nSPS) is 16.6. The summed E-state index contributed by atoms with van der Waals surface area (Å²) in [6.07, 6.45) is 7.77. The van der Waals surface area contributed by atoms with Crippen LogP contribution >= 0.6 is 11.8 Å². The summed E-state index contributed by atoms with van der Waals surface area (Å²) in [5.41, 5.74) is 5.60. The number of hydrogen-bond donors (Lipinski definition) is 2. The van der Waals surface area contributed by atoms with Gasteiger partial charge in [0.1, 0.15) is 5.76 Å². The Kier molecular flexibility index (Phi) is 4.77. The van der Waals surface area contributed by atoms with Gasteiger partial charge in [0.15, 0.2) is 10.9 Å². The Morgan fingerprint density at radius 2 is 2.26 bits per heavy atom. The summed E-state index contributed by atoms with van der Waals surface area (Å²) in [6, 6.07) is 3.57. The van der Waals surface area contributed by atoms with Crippen LogP contribution in [0.15, 0.2) is 34.1 Å². The maximum absolute atomic E-state index is 12.4. The summed E-state index contributed by atoms with van der Waals surface area (Å²) in [5.74, 6) is 1.57. The molecular formula is C16H22N4O2S. The molecule has 1 fully saturated rings. The lowest BCUT2D eigenvalue weighted by Gasteiger charge is -2.28. The van der Waals surface area contributed by atoms with Crippen LogP contribution in [0.25, 0.3) is 0 Å². The topological polar surface area (TPSA) is 86.1 Å². The number of thioether (sulfide) groups is 1. The molecule has 3 N–H and O–H groups in total. The monoisotopic (exact) mass is 334 g/mol. The number of carbonyl (C=O) groups excluding carboxylic acids is 1. The third-order valence-electron chi connectivity index (χ3n) is 4.34. The fourth-order valence-corrected chi connectivity index (χ4v) is 3.76. The van der Waals surface area contributed by atoms with Gasteiger partial charge in [-0.1, -0.05) is 24.6 Å². The fourth-order valence-electron chi connectivity index (χ4n) is 2.94. The second-order valence-corrected chi connectivity index (χ2v) is 6.96. The molecule has 0 bridgehead atoms. The first-order valence-corrected chi connectivity index (χ1v) is 8.82. The summed E-state index contributed by atoms with van der Waals surface area (Å²) in [4.78, 5) is 16.6. The molecule has 0 unspecified atom stereocenters. The van der Waals surface area contributed by atoms with E-state index in [9.17, 15) is 4.79 Å². The van der Waals surface area contributed by atoms with Crippen molar-refractivity contribution in [1.82, 2.24) is 14.9 Å². The zero-order valence-electron chi connectivity index (χ0n) is 13.2. The molecule has 124 valence electrons. The Bertz CT molecular complexity index is 673. The van der Waals surface area contributed by atoms with Gasteiger partial charge in [-0.2, -0.15) is 0 Å². The molecule has 1 saturated carbocycles. The number of nitrogens with one attached hydrogen (secondary N) is 1. The fraction of sp³-hybridized carbons (Fsp3) is 0.500. The zero-order chi connectivity index (χ0) is 16.3. The molecule has 2 aromatic heterocycles. The maximum Gasteiger partial charge on any atom is 0.287 e. The highest BCUT2D eigenvalue weighted by atomic mass is 32.2. The number of carbonyl (C=O) groups is 1. The van der Waals surface area contributed by atoms with Crippen LogP contribution in [0.4, 0.5) is 0 Å². The lowest BCUT2D eigenvalue weighted by Crippen LogP contribution is -2.51. The van der Waals surface area contributed by atoms with Crippen molar-refractivity contribution in [2.24, 2.45) is 12.8 Å². The predicted octanol–water partition coefficient (Wildman–Crippen LogP) is 2.31. The molecule has 1 aliphatic carbocycles. The minimum Gasteiger partial charge on any atom is -0.455 e. The highest BCUT2D eigenvalue weighted by molar-refractivity contribution is 7.98. The average Bonchev–Trinajstić information content (AvgIpc) is 3.26. The number of hydrogen-bond acceptors (Lipinski definition) is 5. The minimum absolute atomic E-state index is 0.175. The minimum atomic E-state index is -0.258. The molecule has 2 heterocycles. The van der Waals surface area contributed by atoms with Crippen LogP contribution in [0.1, 0.15) is 42.0 Å². The van der Waals surface area contributed by atoms with E-state index in [1.54, 1.807) is 24.0 Å². The molecule has 0 spiro atoms. The first-order chi connectivity index (χ1) is 11.1. The summed E-state index contributed by atoms with van der Waals surface area (Å²) in [7, 11) is 1.95. The van der Waals surface area contributed by atoms with Crippen LogP contribution in [0.2, 0.25) is 0 Å². The molecule has 0 saturated heterocycles. The van der Waals surface area contributed by atoms with Crippen LogP contribution in [0, 0.1) is 0 Å². The van der Waals surface area contributed by atoms with Gasteiger partial charge in [0, 0.05) is 26.0 Å². The van der Waals surface area contributed by atoms with Gasteiger partial charge in [-0.15, -0.1) is 0 Å². The molecular weight excluding hydrogens is 312 g/mol. The van der Waals surface area contributed by atoms with Crippen molar-refractivity contribution in [3.8, 4) is 0 Å². The Hall–Kier alpha value is -1.73. The van der Waals surface area contributed by atoms with Gasteiger partial charge >= 0.3 is 0 Å². The molecule has 0 aromatic carbocycles. The first kappa shape index (κ1) is 16.1. The number of amides is 1. The van der Waals surface area contributed by atoms with Crippen molar-refractivity contribution in [3.63, 3.8) is 0 Å². The standard InChI is InChI=1S/C16H22N4O2S/c1-20-9-8-18-15(20)23-10-12-4-5-13(22-12)14(21)19-16(11-17)6-2-3-7-16/h4-5,8-9H,2-3,6-7,10-11,17H2,1H3,(H,19,21). The number of nitrogens with zero attached hydrogens (tertiary/aromatic N) is 2. The molecule has 7 heteroatoms. The molecule has 0 aliphatic heterocycles. The average molecular weight is 334 g/mol. The number of nitrogens with two attached hydrogens (primary N) is 1. The SMILES string of the molecule is Cn1ccnc1SCc1ccc(C(=O)NC2(CN)CCCC2)o1. The van der Waals surface area contributed by atoms with Gasteiger partial charge in [-0.3, -0.25) is 4.79 Å². The molecule has 0 radical (unpaired) electrons. The van der Waals surface area contributed by atoms with Crippen molar-refractivity contribution < 1.29 is 9.21 Å². The van der Waals surface area contributed by atoms with E-state index in [0.29, 0.717) is 18.1 Å². The Balaban J connectivity index is 1.60. The molecule has 2 aromatic rings. The van der Waals surface area contributed by atoms with Crippen molar-refractivity contribution in [2.45, 2.75) is 42.1 Å². The van der Waals surface area contributed by atoms with E-state index in [2.05, 4.69) is 10.3 Å². The molecule has 23 heavy (non-hydrogen) atoms. The van der Waals surface area contributed by atoms with Crippen LogP contribution in [-0.4, -0.2) is 27.5 Å². The van der Waals surface area contributed by atoms with E-state index in [-0.39, 0.29) is 11.4 Å². The van der Waals surface area contributed by atoms with E-state index in [1.807, 2.05) is 23.9 Å². The third-order valence-corrected chi connectivity index (χ3v) is 5.42. The van der Waals surface area contributed by atoms with Crippen LogP contribution in [-0.2, 0) is 12.8 Å². The van der Waals surface area contributed by atoms with E-state index < -0.39 is 0 Å². The van der Waals surface area contributed by atoms with Crippen LogP contribution in [0.5, 0.6) is 0 Å². The number of aromatic nitrogens is 2. The van der Waals surface area contributed by atoms with Gasteiger partial charge in [-0.25, -0.2) is 4.98 Å². The molecule has 0 atom stereocenters. The third kappa shape index (κ3) is 3.61. The van der Waals surface area contributed by atoms with Crippen LogP contribution < -0.4 is 11.1 Å². The van der Waals surface area contributed by atoms with E-state index >= 15 is 0 Å². The van der Waals surface area contributed by atoms with Crippen molar-refractivity contribution in [3.05, 3.63) is 36.0 Å². The summed E-state index contributed by atoms with van der Waals surface area (Å²) < 4.78 is 7.62. The maximum atomic E-state index is 12.4. The summed E-state index contributed by atoms with van der Waals surface area (Å²) in [5, 5.41) is 3.99. The van der Waals surface area contributed by atoms with E-state index in [4.69, 9.17) is 10.2 Å². The zero-order valence-corrected chi connectivity index (χ0v) is 14.1. The molecule has 1 amide bonds. The summed E-state index contributed by atoms with van der Waals surface area (Å²) in [6.45, 7) is 0.474. The van der Waals surface area contributed by atoms with Gasteiger partial charge < -0.3 is 20.0 Å². The van der Waals surface area contributed by atoms with Crippen molar-refractivity contribution >= 4 is 17.7 Å². The quantitative estimate of drug-likeness (QED) is 0.792. The Labute approximate surface area is 139 Å². The highest BCUT2D eigenvalue weighted by Crippen LogP contribution is 2.29. The van der Waals surface area contributed by atoms with Crippen LogP contribution in [0.3, 0.4) is 0 Å². The van der Waals surface area contributed by atoms with E-state index in [1.165, 1.54) is 0 Å². The smallest absolute Gasteiger partial charge is 0.287 e. The van der Waals surface area contributed by atoms with Gasteiger partial charge in [0.05, 0.1) is 11.3 Å². The molecule has 1 aliphatic rings. The second kappa shape index (κ2) is 6.80. The lowest BCUT2D eigenvalue weighted by molar-refractivity contribution is 0.0873. The molecule has 3 rings (SSSR count). The first-order valence-electron chi connectivity index (χ1n) is 7.83. The Morgan fingerprint density at radius 1 is 1.48 bits per heavy atom. The number of imidazole rings is 1. The Morgan fingerprint density at radius 3 is 2.91 bits per heavy atom. The number of aryl methyl sites for hydroxylation is 1. The summed E-state index contributed by atoms with van der Waals surface area (Å²) >= 11 is 1.57. The van der Waals surface area contributed by atoms with Gasteiger partial charge in [0.2, 0.25) is 0 Å².